The molecule has 1 amide bonds. The molecule has 188 valence electrons. The summed E-state index contributed by atoms with van der Waals surface area (Å²) in [6.07, 6.45) is 1.00. The van der Waals surface area contributed by atoms with Crippen molar-refractivity contribution in [3.05, 3.63) is 58.6 Å². The molecule has 0 heterocycles. The molecule has 10 heteroatoms. The van der Waals surface area contributed by atoms with Crippen molar-refractivity contribution < 1.29 is 31.9 Å². The van der Waals surface area contributed by atoms with Crippen LogP contribution in [0.2, 0.25) is 5.02 Å². The Balaban J connectivity index is 1.60. The molecule has 2 aromatic carbocycles. The van der Waals surface area contributed by atoms with Crippen molar-refractivity contribution in [2.75, 3.05) is 5.32 Å². The van der Waals surface area contributed by atoms with Gasteiger partial charge in [0.2, 0.25) is 0 Å². The molecule has 2 aliphatic rings. The van der Waals surface area contributed by atoms with Gasteiger partial charge in [0, 0.05) is 23.7 Å². The number of rotatable bonds is 6. The van der Waals surface area contributed by atoms with Gasteiger partial charge in [-0.3, -0.25) is 9.59 Å². The molecule has 2 fully saturated rings. The fourth-order valence-corrected chi connectivity index (χ4v) is 8.17. The average Bonchev–Trinajstić information content (AvgIpc) is 2.89. The van der Waals surface area contributed by atoms with E-state index in [0.29, 0.717) is 6.42 Å². The Hall–Kier alpha value is -2.36. The molecule has 0 aromatic heterocycles. The van der Waals surface area contributed by atoms with Crippen LogP contribution in [0.25, 0.3) is 0 Å². The first kappa shape index (κ1) is 25.7. The first-order valence-corrected chi connectivity index (χ1v) is 13.3. The summed E-state index contributed by atoms with van der Waals surface area (Å²) in [5, 5.41) is 12.8. The van der Waals surface area contributed by atoms with Crippen molar-refractivity contribution in [1.82, 2.24) is 0 Å². The van der Waals surface area contributed by atoms with E-state index in [4.69, 9.17) is 11.6 Å². The normalized spacial score (nSPS) is 28.1. The average molecular weight is 526 g/mol. The van der Waals surface area contributed by atoms with Gasteiger partial charge in [-0.2, -0.15) is 0 Å². The molecule has 5 atom stereocenters. The molecule has 2 N–H and O–H groups in total. The lowest BCUT2D eigenvalue weighted by atomic mass is 9.71. The van der Waals surface area contributed by atoms with E-state index in [-0.39, 0.29) is 64.0 Å². The number of hydrogen-bond donors (Lipinski definition) is 2. The van der Waals surface area contributed by atoms with E-state index in [1.54, 1.807) is 0 Å². The number of nitrogens with one attached hydrogen (secondary N) is 1. The van der Waals surface area contributed by atoms with Crippen LogP contribution >= 0.6 is 11.6 Å². The number of halogens is 3. The lowest BCUT2D eigenvalue weighted by molar-refractivity contribution is -0.129. The Labute approximate surface area is 207 Å². The van der Waals surface area contributed by atoms with E-state index in [1.165, 1.54) is 31.2 Å². The highest BCUT2D eigenvalue weighted by Crippen LogP contribution is 2.56. The number of aliphatic hydroxyl groups is 1. The second-order valence-electron chi connectivity index (χ2n) is 9.75. The zero-order chi connectivity index (χ0) is 25.7. The highest BCUT2D eigenvalue weighted by Gasteiger charge is 2.58. The molecule has 0 radical (unpaired) electrons. The Morgan fingerprint density at radius 2 is 1.83 bits per heavy atom. The maximum absolute atomic E-state index is 13.6. The standard InChI is InChI=1S/C25H26ClF2NO5S/c1-13-7-16-9-18(11-19(13)25(16,32)12-14(2)30)35(33,34)23-8-15(3-5-20(23)26)24(31)29-17-4-6-21(27)22(28)10-17/h3-6,8,10,13,16,18-19,32H,7,9,11-12H2,1-2H3,(H,29,31)/t13-,16?,18+,19?,25+/m0/s1. The molecule has 4 rings (SSSR count). The van der Waals surface area contributed by atoms with Crippen LogP contribution in [0.4, 0.5) is 14.5 Å². The monoisotopic (exact) mass is 525 g/mol. The maximum atomic E-state index is 13.6. The molecule has 2 aromatic rings. The zero-order valence-corrected chi connectivity index (χ0v) is 20.8. The summed E-state index contributed by atoms with van der Waals surface area (Å²) in [6.45, 7) is 3.38. The van der Waals surface area contributed by atoms with E-state index < -0.39 is 38.2 Å². The van der Waals surface area contributed by atoms with Crippen molar-refractivity contribution in [3.63, 3.8) is 0 Å². The third kappa shape index (κ3) is 4.73. The molecular formula is C25H26ClF2NO5S. The van der Waals surface area contributed by atoms with Gasteiger partial charge in [-0.25, -0.2) is 17.2 Å². The van der Waals surface area contributed by atoms with Gasteiger partial charge in [-0.1, -0.05) is 18.5 Å². The summed E-state index contributed by atoms with van der Waals surface area (Å²) in [6, 6.07) is 6.70. The predicted molar refractivity (Wildman–Crippen MR) is 127 cm³/mol. The maximum Gasteiger partial charge on any atom is 0.255 e. The largest absolute Gasteiger partial charge is 0.389 e. The van der Waals surface area contributed by atoms with E-state index in [2.05, 4.69) is 5.32 Å². The van der Waals surface area contributed by atoms with Gasteiger partial charge in [0.05, 0.1) is 20.8 Å². The lowest BCUT2D eigenvalue weighted by Crippen LogP contribution is -2.49. The number of sulfone groups is 1. The van der Waals surface area contributed by atoms with Crippen LogP contribution in [0.15, 0.2) is 41.3 Å². The third-order valence-electron chi connectivity index (χ3n) is 7.40. The molecule has 0 spiro atoms. The van der Waals surface area contributed by atoms with Crippen molar-refractivity contribution >= 4 is 38.8 Å². The minimum Gasteiger partial charge on any atom is -0.389 e. The first-order valence-electron chi connectivity index (χ1n) is 11.3. The number of Topliss-reactive ketones (excluding diaryl/α,β-unsaturated/α-hetero) is 1. The lowest BCUT2D eigenvalue weighted by Gasteiger charge is -2.42. The summed E-state index contributed by atoms with van der Waals surface area (Å²) < 4.78 is 53.9. The van der Waals surface area contributed by atoms with Gasteiger partial charge >= 0.3 is 0 Å². The Bertz CT molecular complexity index is 1300. The van der Waals surface area contributed by atoms with E-state index in [9.17, 15) is 31.9 Å². The van der Waals surface area contributed by atoms with E-state index in [1.807, 2.05) is 6.92 Å². The molecule has 0 saturated heterocycles. The van der Waals surface area contributed by atoms with Gasteiger partial charge < -0.3 is 10.4 Å². The molecule has 2 aliphatic carbocycles. The third-order valence-corrected chi connectivity index (χ3v) is 10.1. The van der Waals surface area contributed by atoms with Crippen molar-refractivity contribution in [3.8, 4) is 0 Å². The second-order valence-corrected chi connectivity index (χ2v) is 12.4. The smallest absolute Gasteiger partial charge is 0.255 e. The summed E-state index contributed by atoms with van der Waals surface area (Å²) in [5.41, 5.74) is -1.22. The molecule has 2 saturated carbocycles. The summed E-state index contributed by atoms with van der Waals surface area (Å²) >= 11 is 6.25. The van der Waals surface area contributed by atoms with E-state index >= 15 is 0 Å². The molecule has 6 nitrogen and oxygen atoms in total. The van der Waals surface area contributed by atoms with Crippen LogP contribution in [-0.2, 0) is 14.6 Å². The number of amides is 1. The molecule has 0 aliphatic heterocycles. The van der Waals surface area contributed by atoms with Crippen LogP contribution in [-0.4, -0.2) is 36.1 Å². The Kier molecular flexibility index (Phi) is 6.81. The molecule has 2 unspecified atom stereocenters. The van der Waals surface area contributed by atoms with Gasteiger partial charge in [-0.15, -0.1) is 0 Å². The quantitative estimate of drug-likeness (QED) is 0.565. The molecule has 35 heavy (non-hydrogen) atoms. The first-order chi connectivity index (χ1) is 16.3. The fourth-order valence-electron chi connectivity index (χ4n) is 5.79. The number of anilines is 1. The van der Waals surface area contributed by atoms with Crippen LogP contribution in [0.3, 0.4) is 0 Å². The predicted octanol–water partition coefficient (Wildman–Crippen LogP) is 4.79. The van der Waals surface area contributed by atoms with Crippen molar-refractivity contribution in [2.24, 2.45) is 17.8 Å². The van der Waals surface area contributed by atoms with Crippen molar-refractivity contribution in [2.45, 2.75) is 55.3 Å². The number of ketones is 1. The van der Waals surface area contributed by atoms with Crippen LogP contribution in [0.1, 0.15) is 49.9 Å². The van der Waals surface area contributed by atoms with Gasteiger partial charge in [0.25, 0.3) is 5.91 Å². The Morgan fingerprint density at radius 1 is 1.11 bits per heavy atom. The van der Waals surface area contributed by atoms with E-state index in [0.717, 1.165) is 12.1 Å². The highest BCUT2D eigenvalue weighted by atomic mass is 35.5. The second kappa shape index (κ2) is 9.26. The van der Waals surface area contributed by atoms with Crippen molar-refractivity contribution in [1.29, 1.82) is 0 Å². The highest BCUT2D eigenvalue weighted by molar-refractivity contribution is 7.92. The molecular weight excluding hydrogens is 500 g/mol. The van der Waals surface area contributed by atoms with Crippen LogP contribution < -0.4 is 5.32 Å². The molecule has 2 bridgehead atoms. The van der Waals surface area contributed by atoms with Gasteiger partial charge in [-0.05, 0) is 74.3 Å². The summed E-state index contributed by atoms with van der Waals surface area (Å²) in [7, 11) is -3.98. The number of fused-ring (bicyclic) bond motifs is 2. The summed E-state index contributed by atoms with van der Waals surface area (Å²) in [4.78, 5) is 24.3. The van der Waals surface area contributed by atoms with Crippen LogP contribution in [0, 0.1) is 29.4 Å². The number of hydrogen-bond acceptors (Lipinski definition) is 5. The minimum absolute atomic E-state index is 0.000165. The van der Waals surface area contributed by atoms with Crippen LogP contribution in [0.5, 0.6) is 0 Å². The number of carbonyl (C=O) groups excluding carboxylic acids is 2. The SMILES string of the molecule is CC(=O)C[C@@]1(O)C2C[C@@H](S(=O)(=O)c3cc(C(=O)Nc4ccc(F)c(F)c4)ccc3Cl)CC1[C@@H](C)C2. The number of benzene rings is 2. The van der Waals surface area contributed by atoms with Gasteiger partial charge in [0.1, 0.15) is 5.78 Å². The zero-order valence-electron chi connectivity index (χ0n) is 19.2. The fraction of sp³-hybridized carbons (Fsp3) is 0.440. The van der Waals surface area contributed by atoms with Gasteiger partial charge in [0.15, 0.2) is 21.5 Å². The minimum atomic E-state index is -3.98. The Morgan fingerprint density at radius 3 is 2.46 bits per heavy atom. The number of carbonyl (C=O) groups is 2. The topological polar surface area (TPSA) is 101 Å². The summed E-state index contributed by atoms with van der Waals surface area (Å²) in [5.74, 6) is -3.66.